The first-order chi connectivity index (χ1) is 33.6. The molecule has 2 aromatic heterocycles. The Balaban J connectivity index is 1.12. The largest absolute Gasteiger partial charge is 0.391 e. The molecule has 0 saturated carbocycles. The molecule has 16 heteroatoms. The van der Waals surface area contributed by atoms with Crippen LogP contribution in [0.3, 0.4) is 0 Å². The number of nitrogens with two attached hydrogens (primary N) is 1. The predicted octanol–water partition coefficient (Wildman–Crippen LogP) is 8.36. The van der Waals surface area contributed by atoms with Crippen LogP contribution in [0, 0.1) is 12.3 Å². The fraction of sp³-hybridized carbons (Fsp3) is 0.500. The number of aromatic amines is 1. The maximum absolute atomic E-state index is 15.0. The van der Waals surface area contributed by atoms with Crippen LogP contribution in [0.1, 0.15) is 154 Å². The number of rotatable bonds is 23. The average Bonchev–Trinajstić information content (AvgIpc) is 4.15. The first kappa shape index (κ1) is 52.0. The molecule has 2 aliphatic heterocycles. The highest BCUT2D eigenvalue weighted by Gasteiger charge is 2.45. The third-order valence-electron chi connectivity index (χ3n) is 13.9. The number of imidazole rings is 1. The summed E-state index contributed by atoms with van der Waals surface area (Å²) in [6.07, 6.45) is 10.1. The van der Waals surface area contributed by atoms with Gasteiger partial charge in [0.2, 0.25) is 17.7 Å². The zero-order valence-corrected chi connectivity index (χ0v) is 42.2. The Labute approximate surface area is 415 Å². The second kappa shape index (κ2) is 23.9. The van der Waals surface area contributed by atoms with E-state index in [2.05, 4.69) is 37.7 Å². The van der Waals surface area contributed by atoms with Crippen LogP contribution in [-0.4, -0.2) is 97.1 Å². The van der Waals surface area contributed by atoms with Crippen molar-refractivity contribution < 1.29 is 29.1 Å². The molecule has 5 aromatic rings. The third kappa shape index (κ3) is 13.1. The number of carbonyl (C=O) groups is 5. The Kier molecular flexibility index (Phi) is 17.7. The lowest BCUT2D eigenvalue weighted by molar-refractivity contribution is -0.142. The van der Waals surface area contributed by atoms with E-state index in [1.54, 1.807) is 35.6 Å². The number of carbonyl (C=O) groups excluding carboxylic acids is 5. The Morgan fingerprint density at radius 1 is 1.00 bits per heavy atom. The predicted molar refractivity (Wildman–Crippen MR) is 275 cm³/mol. The molecular formula is C54H71N9O6S. The molecule has 374 valence electrons. The summed E-state index contributed by atoms with van der Waals surface area (Å²) in [5.74, 6) is -1.15. The van der Waals surface area contributed by atoms with Crippen LogP contribution in [0.15, 0.2) is 66.2 Å². The molecule has 70 heavy (non-hydrogen) atoms. The van der Waals surface area contributed by atoms with Crippen molar-refractivity contribution in [2.75, 3.05) is 18.4 Å². The molecule has 7 rings (SSSR count). The number of amides is 4. The minimum absolute atomic E-state index is 0.0179. The van der Waals surface area contributed by atoms with Crippen LogP contribution in [0.25, 0.3) is 21.5 Å². The van der Waals surface area contributed by atoms with Gasteiger partial charge in [0.25, 0.3) is 5.91 Å². The number of likely N-dealkylation sites (tertiary alicyclic amines) is 2. The number of hydrogen-bond acceptors (Lipinski definition) is 11. The van der Waals surface area contributed by atoms with Gasteiger partial charge in [-0.05, 0) is 92.4 Å². The van der Waals surface area contributed by atoms with E-state index in [0.29, 0.717) is 36.7 Å². The highest BCUT2D eigenvalue weighted by molar-refractivity contribution is 7.13. The number of fused-ring (bicyclic) bond motifs is 1. The number of nitrogens with zero attached hydrogens (tertiary/aromatic N) is 4. The number of unbranched alkanes of at least 4 members (excludes halogenated alkanes) is 7. The molecule has 7 N–H and O–H groups in total. The number of hydrogen-bond donors (Lipinski definition) is 6. The number of aliphatic hydroxyl groups excluding tert-OH is 1. The van der Waals surface area contributed by atoms with Crippen LogP contribution >= 0.6 is 11.3 Å². The van der Waals surface area contributed by atoms with Gasteiger partial charge < -0.3 is 36.2 Å². The Hall–Kier alpha value is -5.81. The second-order valence-electron chi connectivity index (χ2n) is 20.3. The van der Waals surface area contributed by atoms with Crippen LogP contribution < -0.4 is 21.7 Å². The summed E-state index contributed by atoms with van der Waals surface area (Å²) < 4.78 is 0. The van der Waals surface area contributed by atoms with E-state index in [-0.39, 0.29) is 42.5 Å². The summed E-state index contributed by atoms with van der Waals surface area (Å²) in [7, 11) is 0. The number of aryl methyl sites for hydroxylation is 1. The van der Waals surface area contributed by atoms with E-state index < -0.39 is 41.5 Å². The van der Waals surface area contributed by atoms with Gasteiger partial charge in [-0.15, -0.1) is 11.3 Å². The molecule has 15 nitrogen and oxygen atoms in total. The first-order valence-corrected chi connectivity index (χ1v) is 25.9. The van der Waals surface area contributed by atoms with E-state index in [1.165, 1.54) is 4.90 Å². The molecule has 5 atom stereocenters. The van der Waals surface area contributed by atoms with Crippen molar-refractivity contribution in [3.63, 3.8) is 0 Å². The Bertz CT molecular complexity index is 2600. The standard InChI is InChI=1S/C54H71N9O6S/c1-34-16-15-26-62(34)32-46-59-43-25-24-38(28-44(43)60-46)58-52(68)47-40(17-14-18-41(47)50(55)66)42(19-12-10-8-6-7-9-11-13-27-64)61-49(54(3,4)5)53(69)63-31-39(65)29-45(63)51(67)56-30-36-20-22-37(23-21-36)48-35(2)57-33-70-48/h14,17-18,20-25,27-28,33-34,39,42,45,49,61,65H,6-13,15-16,19,26,29-32H2,1-5H3,(H2,55,66)(H,56,67)(H,58,68)(H,59,60)/t34-,39+,42?,45-,49+/m0/s1. The van der Waals surface area contributed by atoms with Gasteiger partial charge in [0, 0.05) is 43.7 Å². The van der Waals surface area contributed by atoms with E-state index >= 15 is 4.79 Å². The van der Waals surface area contributed by atoms with E-state index in [1.807, 2.05) is 69.6 Å². The van der Waals surface area contributed by atoms with Crippen molar-refractivity contribution in [2.45, 2.75) is 155 Å². The van der Waals surface area contributed by atoms with Crippen LogP contribution in [0.4, 0.5) is 5.69 Å². The number of primary amides is 1. The van der Waals surface area contributed by atoms with Crippen molar-refractivity contribution in [1.82, 2.24) is 35.4 Å². The molecule has 2 aliphatic rings. The Morgan fingerprint density at radius 2 is 1.74 bits per heavy atom. The molecular weight excluding hydrogens is 903 g/mol. The number of benzene rings is 3. The number of H-pyrrole nitrogens is 1. The molecule has 0 radical (unpaired) electrons. The summed E-state index contributed by atoms with van der Waals surface area (Å²) >= 11 is 1.57. The number of thiazole rings is 1. The van der Waals surface area contributed by atoms with Crippen molar-refractivity contribution in [1.29, 1.82) is 0 Å². The zero-order chi connectivity index (χ0) is 50.0. The summed E-state index contributed by atoms with van der Waals surface area (Å²) in [6.45, 7) is 12.0. The van der Waals surface area contributed by atoms with Crippen LogP contribution in [0.2, 0.25) is 0 Å². The number of aromatic nitrogens is 3. The van der Waals surface area contributed by atoms with E-state index in [9.17, 15) is 24.3 Å². The topological polar surface area (TPSA) is 216 Å². The maximum Gasteiger partial charge on any atom is 0.256 e. The normalized spacial score (nSPS) is 18.3. The van der Waals surface area contributed by atoms with Crippen molar-refractivity contribution in [3.05, 3.63) is 99.9 Å². The molecule has 3 aromatic carbocycles. The van der Waals surface area contributed by atoms with Gasteiger partial charge in [0.1, 0.15) is 18.2 Å². The fourth-order valence-electron chi connectivity index (χ4n) is 9.96. The van der Waals surface area contributed by atoms with Gasteiger partial charge in [-0.3, -0.25) is 29.4 Å². The quantitative estimate of drug-likeness (QED) is 0.0272. The maximum atomic E-state index is 15.0. The van der Waals surface area contributed by atoms with Gasteiger partial charge in [-0.25, -0.2) is 9.97 Å². The molecule has 2 saturated heterocycles. The number of β-amino-alcohol motifs (C(OH)–C–C–N with tert-alkyl or cyclic N) is 1. The van der Waals surface area contributed by atoms with Gasteiger partial charge in [0.15, 0.2) is 0 Å². The summed E-state index contributed by atoms with van der Waals surface area (Å²) in [5, 5.41) is 20.7. The third-order valence-corrected chi connectivity index (χ3v) is 14.9. The number of nitrogens with one attached hydrogen (secondary N) is 4. The van der Waals surface area contributed by atoms with E-state index in [0.717, 1.165) is 109 Å². The van der Waals surface area contributed by atoms with Crippen molar-refractivity contribution in [3.8, 4) is 10.4 Å². The van der Waals surface area contributed by atoms with Gasteiger partial charge in [0.05, 0.1) is 56.9 Å². The highest BCUT2D eigenvalue weighted by atomic mass is 32.1. The summed E-state index contributed by atoms with van der Waals surface area (Å²) in [5.41, 5.74) is 12.8. The minimum Gasteiger partial charge on any atom is -0.391 e. The lowest BCUT2D eigenvalue weighted by atomic mass is 9.83. The summed E-state index contributed by atoms with van der Waals surface area (Å²) in [6, 6.07) is 16.6. The first-order valence-electron chi connectivity index (χ1n) is 25.0. The lowest BCUT2D eigenvalue weighted by Crippen LogP contribution is -2.57. The molecule has 0 aliphatic carbocycles. The minimum atomic E-state index is -0.912. The second-order valence-corrected chi connectivity index (χ2v) is 21.1. The molecule has 0 spiro atoms. The highest BCUT2D eigenvalue weighted by Crippen LogP contribution is 2.34. The van der Waals surface area contributed by atoms with E-state index in [4.69, 9.17) is 10.7 Å². The number of aliphatic hydroxyl groups is 1. The molecule has 4 heterocycles. The van der Waals surface area contributed by atoms with Crippen molar-refractivity contribution >= 4 is 58.0 Å². The number of aldehydes is 1. The monoisotopic (exact) mass is 974 g/mol. The lowest BCUT2D eigenvalue weighted by Gasteiger charge is -2.38. The van der Waals surface area contributed by atoms with Gasteiger partial charge >= 0.3 is 0 Å². The average molecular weight is 974 g/mol. The number of anilines is 1. The molecule has 2 fully saturated rings. The fourth-order valence-corrected chi connectivity index (χ4v) is 10.8. The smallest absolute Gasteiger partial charge is 0.256 e. The Morgan fingerprint density at radius 3 is 2.41 bits per heavy atom. The van der Waals surface area contributed by atoms with Crippen LogP contribution in [0.5, 0.6) is 0 Å². The van der Waals surface area contributed by atoms with Gasteiger partial charge in [-0.1, -0.05) is 95.7 Å². The molecule has 1 unspecified atom stereocenters. The molecule has 0 bridgehead atoms. The summed E-state index contributed by atoms with van der Waals surface area (Å²) in [4.78, 5) is 85.2. The van der Waals surface area contributed by atoms with Gasteiger partial charge in [-0.2, -0.15) is 0 Å². The molecule has 4 amide bonds. The van der Waals surface area contributed by atoms with Crippen molar-refractivity contribution in [2.24, 2.45) is 11.1 Å². The zero-order valence-electron chi connectivity index (χ0n) is 41.4. The SMILES string of the molecule is Cc1ncsc1-c1ccc(CNC(=O)[C@@H]2C[C@@H](O)CN2C(=O)[C@@H](NC(CCCCCCCCCC=O)c2cccc(C(N)=O)c2C(=O)Nc2ccc3nc(CN4CCC[C@@H]4C)[nH]c3c2)C(C)(C)C)cc1. The van der Waals surface area contributed by atoms with Crippen LogP contribution in [-0.2, 0) is 27.5 Å².